The Morgan fingerprint density at radius 1 is 0.812 bits per heavy atom. The van der Waals surface area contributed by atoms with Crippen LogP contribution in [-0.2, 0) is 4.74 Å². The van der Waals surface area contributed by atoms with Crippen LogP contribution >= 0.6 is 0 Å². The summed E-state index contributed by atoms with van der Waals surface area (Å²) in [4.78, 5) is 16.6. The van der Waals surface area contributed by atoms with Crippen molar-refractivity contribution < 1.29 is 14.3 Å². The Morgan fingerprint density at radius 3 is 2.25 bits per heavy atom. The third-order valence-electron chi connectivity index (χ3n) is 5.05. The van der Waals surface area contributed by atoms with Crippen LogP contribution in [0.4, 0.5) is 0 Å². The Bertz CT molecular complexity index is 1400. The lowest BCUT2D eigenvalue weighted by Crippen LogP contribution is -2.04. The van der Waals surface area contributed by atoms with Crippen LogP contribution in [0.3, 0.4) is 0 Å². The third kappa shape index (κ3) is 3.70. The number of nitrogens with zero attached hydrogens (tertiary/aromatic N) is 3. The molecule has 0 amide bonds. The van der Waals surface area contributed by atoms with Crippen LogP contribution in [0.15, 0.2) is 97.2 Å². The minimum absolute atomic E-state index is 0.197. The van der Waals surface area contributed by atoms with Gasteiger partial charge >= 0.3 is 5.97 Å². The van der Waals surface area contributed by atoms with Gasteiger partial charge in [0.1, 0.15) is 11.5 Å². The fraction of sp³-hybridized carbons (Fsp3) is 0.0385. The van der Waals surface area contributed by atoms with Gasteiger partial charge in [-0.3, -0.25) is 0 Å². The summed E-state index contributed by atoms with van der Waals surface area (Å²) >= 11 is 0. The molecular weight excluding hydrogens is 402 g/mol. The van der Waals surface area contributed by atoms with Crippen molar-refractivity contribution in [3.8, 4) is 33.9 Å². The predicted octanol–water partition coefficient (Wildman–Crippen LogP) is 5.64. The van der Waals surface area contributed by atoms with Gasteiger partial charge in [0.05, 0.1) is 12.8 Å². The SMILES string of the molecule is COC(=O)c1cc2ncc(-c3ccccc3)c(-c3cccc(Oc4ccccc4)c3)n2n1. The van der Waals surface area contributed by atoms with E-state index >= 15 is 0 Å². The van der Waals surface area contributed by atoms with E-state index in [9.17, 15) is 4.79 Å². The van der Waals surface area contributed by atoms with Crippen LogP contribution in [-0.4, -0.2) is 27.7 Å². The zero-order valence-electron chi connectivity index (χ0n) is 17.3. The summed E-state index contributed by atoms with van der Waals surface area (Å²) in [5.74, 6) is 0.932. The highest BCUT2D eigenvalue weighted by Gasteiger charge is 2.18. The molecule has 0 bridgehead atoms. The van der Waals surface area contributed by atoms with E-state index in [0.29, 0.717) is 11.4 Å². The molecule has 2 heterocycles. The maximum Gasteiger partial charge on any atom is 0.358 e. The number of carbonyl (C=O) groups excluding carboxylic acids is 1. The van der Waals surface area contributed by atoms with Gasteiger partial charge in [-0.25, -0.2) is 14.3 Å². The van der Waals surface area contributed by atoms with Crippen molar-refractivity contribution in [2.45, 2.75) is 0 Å². The maximum absolute atomic E-state index is 12.1. The molecule has 0 aliphatic heterocycles. The first kappa shape index (κ1) is 19.5. The number of benzene rings is 3. The lowest BCUT2D eigenvalue weighted by atomic mass is 10.0. The molecular formula is C26H19N3O3. The van der Waals surface area contributed by atoms with Crippen LogP contribution in [0.25, 0.3) is 28.0 Å². The van der Waals surface area contributed by atoms with Gasteiger partial charge in [0.2, 0.25) is 0 Å². The smallest absolute Gasteiger partial charge is 0.358 e. The number of rotatable bonds is 5. The molecule has 0 aliphatic carbocycles. The van der Waals surface area contributed by atoms with Crippen molar-refractivity contribution in [1.29, 1.82) is 0 Å². The zero-order chi connectivity index (χ0) is 21.9. The second-order valence-electron chi connectivity index (χ2n) is 7.12. The van der Waals surface area contributed by atoms with Gasteiger partial charge in [0.15, 0.2) is 11.3 Å². The molecule has 3 aromatic carbocycles. The van der Waals surface area contributed by atoms with E-state index < -0.39 is 5.97 Å². The summed E-state index contributed by atoms with van der Waals surface area (Å²) < 4.78 is 12.6. The highest BCUT2D eigenvalue weighted by molar-refractivity contribution is 5.89. The molecule has 0 saturated carbocycles. The third-order valence-corrected chi connectivity index (χ3v) is 5.05. The molecule has 0 spiro atoms. The Kier molecular flexibility index (Phi) is 5.09. The summed E-state index contributed by atoms with van der Waals surface area (Å²) in [6, 6.07) is 28.9. The number of hydrogen-bond acceptors (Lipinski definition) is 5. The van der Waals surface area contributed by atoms with E-state index in [1.54, 1.807) is 16.8 Å². The first-order chi connectivity index (χ1) is 15.7. The zero-order valence-corrected chi connectivity index (χ0v) is 17.3. The number of para-hydroxylation sites is 1. The fourth-order valence-corrected chi connectivity index (χ4v) is 3.58. The number of fused-ring (bicyclic) bond motifs is 1. The Hall–Kier alpha value is -4.45. The van der Waals surface area contributed by atoms with Gasteiger partial charge in [-0.2, -0.15) is 5.10 Å². The quantitative estimate of drug-likeness (QED) is 0.344. The Morgan fingerprint density at radius 2 is 1.50 bits per heavy atom. The van der Waals surface area contributed by atoms with E-state index in [0.717, 1.165) is 28.1 Å². The van der Waals surface area contributed by atoms with Gasteiger partial charge in [0.25, 0.3) is 0 Å². The van der Waals surface area contributed by atoms with Crippen molar-refractivity contribution in [3.63, 3.8) is 0 Å². The summed E-state index contributed by atoms with van der Waals surface area (Å²) in [5, 5.41) is 4.50. The molecule has 0 saturated heterocycles. The number of carbonyl (C=O) groups is 1. The lowest BCUT2D eigenvalue weighted by molar-refractivity contribution is 0.0593. The van der Waals surface area contributed by atoms with Gasteiger partial charge in [-0.15, -0.1) is 0 Å². The first-order valence-electron chi connectivity index (χ1n) is 10.1. The maximum atomic E-state index is 12.1. The number of ether oxygens (including phenoxy) is 2. The minimum atomic E-state index is -0.510. The number of esters is 1. The molecule has 5 rings (SSSR count). The van der Waals surface area contributed by atoms with Crippen molar-refractivity contribution in [2.75, 3.05) is 7.11 Å². The highest BCUT2D eigenvalue weighted by Crippen LogP contribution is 2.34. The monoisotopic (exact) mass is 421 g/mol. The number of aromatic nitrogens is 3. The number of hydrogen-bond donors (Lipinski definition) is 0. The first-order valence-corrected chi connectivity index (χ1v) is 10.1. The van der Waals surface area contributed by atoms with Crippen molar-refractivity contribution in [3.05, 3.63) is 103 Å². The van der Waals surface area contributed by atoms with Crippen LogP contribution in [0.1, 0.15) is 10.5 Å². The summed E-state index contributed by atoms with van der Waals surface area (Å²) in [5.41, 5.74) is 4.30. The van der Waals surface area contributed by atoms with Crippen molar-refractivity contribution in [2.24, 2.45) is 0 Å². The summed E-state index contributed by atoms with van der Waals surface area (Å²) in [6.07, 6.45) is 1.80. The van der Waals surface area contributed by atoms with E-state index in [1.807, 2.05) is 84.9 Å². The standard InChI is InChI=1S/C26H19N3O3/c1-31-26(30)23-16-24-27-17-22(18-9-4-2-5-10-18)25(29(24)28-23)19-11-8-14-21(15-19)32-20-12-6-3-7-13-20/h2-17H,1H3. The van der Waals surface area contributed by atoms with Gasteiger partial charge < -0.3 is 9.47 Å². The van der Waals surface area contributed by atoms with Crippen molar-refractivity contribution >= 4 is 11.6 Å². The van der Waals surface area contributed by atoms with E-state index in [1.165, 1.54) is 7.11 Å². The molecule has 156 valence electrons. The lowest BCUT2D eigenvalue weighted by Gasteiger charge is -2.13. The van der Waals surface area contributed by atoms with Crippen molar-refractivity contribution in [1.82, 2.24) is 14.6 Å². The summed E-state index contributed by atoms with van der Waals surface area (Å²) in [7, 11) is 1.33. The molecule has 0 N–H and O–H groups in total. The second kappa shape index (κ2) is 8.35. The van der Waals surface area contributed by atoms with Crippen LogP contribution in [0, 0.1) is 0 Å². The van der Waals surface area contributed by atoms with Crippen LogP contribution < -0.4 is 4.74 Å². The normalized spacial score (nSPS) is 10.8. The molecule has 0 unspecified atom stereocenters. The molecule has 5 aromatic rings. The topological polar surface area (TPSA) is 65.7 Å². The Labute approximate surface area is 184 Å². The van der Waals surface area contributed by atoms with Crippen LogP contribution in [0.5, 0.6) is 11.5 Å². The van der Waals surface area contributed by atoms with E-state index in [2.05, 4.69) is 10.1 Å². The molecule has 32 heavy (non-hydrogen) atoms. The minimum Gasteiger partial charge on any atom is -0.464 e. The molecule has 6 heteroatoms. The molecule has 0 fully saturated rings. The molecule has 6 nitrogen and oxygen atoms in total. The largest absolute Gasteiger partial charge is 0.464 e. The average Bonchev–Trinajstić information content (AvgIpc) is 3.29. The summed E-state index contributed by atoms with van der Waals surface area (Å²) in [6.45, 7) is 0. The molecule has 0 atom stereocenters. The van der Waals surface area contributed by atoms with E-state index in [-0.39, 0.29) is 5.69 Å². The Balaban J connectivity index is 1.70. The van der Waals surface area contributed by atoms with Gasteiger partial charge in [-0.05, 0) is 29.8 Å². The van der Waals surface area contributed by atoms with Crippen LogP contribution in [0.2, 0.25) is 0 Å². The molecule has 0 aliphatic rings. The number of methoxy groups -OCH3 is 1. The predicted molar refractivity (Wildman–Crippen MR) is 122 cm³/mol. The van der Waals surface area contributed by atoms with E-state index in [4.69, 9.17) is 9.47 Å². The second-order valence-corrected chi connectivity index (χ2v) is 7.12. The fourth-order valence-electron chi connectivity index (χ4n) is 3.58. The molecule has 2 aromatic heterocycles. The van der Waals surface area contributed by atoms with Gasteiger partial charge in [0, 0.05) is 23.4 Å². The van der Waals surface area contributed by atoms with Gasteiger partial charge in [-0.1, -0.05) is 60.7 Å². The molecule has 0 radical (unpaired) electrons. The average molecular weight is 421 g/mol. The highest BCUT2D eigenvalue weighted by atomic mass is 16.5.